The SMILES string of the molecule is CCc1c(-c2cnc(-c3ccc(OC(C)C)c(Cl)c3)nc2)cccc1C1CCN(CCC(=O)OC(=O)C(F)(F)F)CC1. The first kappa shape index (κ1) is 31.4. The number of esters is 2. The van der Waals surface area contributed by atoms with Crippen LogP contribution in [0.25, 0.3) is 22.5 Å². The van der Waals surface area contributed by atoms with Crippen molar-refractivity contribution in [2.24, 2.45) is 0 Å². The van der Waals surface area contributed by atoms with E-state index in [9.17, 15) is 22.8 Å². The Labute approximate surface area is 248 Å². The number of hydrogen-bond acceptors (Lipinski definition) is 7. The first-order valence-electron chi connectivity index (χ1n) is 13.9. The van der Waals surface area contributed by atoms with E-state index in [4.69, 9.17) is 16.3 Å². The lowest BCUT2D eigenvalue weighted by molar-refractivity contribution is -0.201. The second-order valence-corrected chi connectivity index (χ2v) is 10.9. The smallest absolute Gasteiger partial charge is 0.489 e. The van der Waals surface area contributed by atoms with Crippen molar-refractivity contribution in [2.45, 2.75) is 64.7 Å². The number of carbonyl (C=O) groups excluding carboxylic acids is 2. The molecule has 11 heteroatoms. The summed E-state index contributed by atoms with van der Waals surface area (Å²) in [6.45, 7) is 7.59. The number of halogens is 4. The molecule has 0 atom stereocenters. The first-order valence-corrected chi connectivity index (χ1v) is 14.3. The standard InChI is InChI=1S/C31H33ClF3N3O4/c1-4-23-24(20-10-13-38(14-11-20)15-12-28(39)42-30(40)31(33,34)35)6-5-7-25(23)22-17-36-29(37-18-22)21-8-9-27(26(32)16-21)41-19(2)3/h5-9,16-20H,4,10-15H2,1-3H3. The third-order valence-electron chi connectivity index (χ3n) is 7.18. The molecule has 0 radical (unpaired) electrons. The lowest BCUT2D eigenvalue weighted by Crippen LogP contribution is -2.35. The number of carbonyl (C=O) groups is 2. The molecule has 0 bridgehead atoms. The van der Waals surface area contributed by atoms with Gasteiger partial charge in [-0.25, -0.2) is 14.8 Å². The fourth-order valence-electron chi connectivity index (χ4n) is 5.19. The molecule has 0 N–H and O–H groups in total. The van der Waals surface area contributed by atoms with Crippen LogP contribution in [0.1, 0.15) is 57.1 Å². The molecule has 2 aromatic carbocycles. The average Bonchev–Trinajstić information content (AvgIpc) is 2.96. The number of rotatable bonds is 9. The molecule has 4 rings (SSSR count). The molecule has 1 aromatic heterocycles. The van der Waals surface area contributed by atoms with Gasteiger partial charge < -0.3 is 14.4 Å². The van der Waals surface area contributed by atoms with Crippen molar-refractivity contribution in [3.8, 4) is 28.3 Å². The maximum Gasteiger partial charge on any atom is 0.491 e. The summed E-state index contributed by atoms with van der Waals surface area (Å²) in [5, 5.41) is 0.498. The summed E-state index contributed by atoms with van der Waals surface area (Å²) in [6.07, 6.45) is 0.672. The number of alkyl halides is 3. The van der Waals surface area contributed by atoms with Crippen LogP contribution in [0, 0.1) is 0 Å². The van der Waals surface area contributed by atoms with Gasteiger partial charge in [-0.3, -0.25) is 4.79 Å². The molecule has 1 fully saturated rings. The second-order valence-electron chi connectivity index (χ2n) is 10.5. The van der Waals surface area contributed by atoms with Gasteiger partial charge in [0.05, 0.1) is 17.5 Å². The lowest BCUT2D eigenvalue weighted by Gasteiger charge is -2.33. The molecule has 0 amide bonds. The zero-order valence-electron chi connectivity index (χ0n) is 23.7. The zero-order valence-corrected chi connectivity index (χ0v) is 24.5. The van der Waals surface area contributed by atoms with Crippen LogP contribution in [-0.2, 0) is 20.7 Å². The third-order valence-corrected chi connectivity index (χ3v) is 7.47. The maximum atomic E-state index is 12.3. The minimum Gasteiger partial charge on any atom is -0.489 e. The van der Waals surface area contributed by atoms with Crippen molar-refractivity contribution >= 4 is 23.5 Å². The van der Waals surface area contributed by atoms with E-state index >= 15 is 0 Å². The third kappa shape index (κ3) is 7.86. The molecule has 3 aromatic rings. The predicted molar refractivity (Wildman–Crippen MR) is 153 cm³/mol. The van der Waals surface area contributed by atoms with Crippen molar-refractivity contribution < 1.29 is 32.2 Å². The summed E-state index contributed by atoms with van der Waals surface area (Å²) in [5.74, 6) is -2.18. The summed E-state index contributed by atoms with van der Waals surface area (Å²) < 4.78 is 46.5. The highest BCUT2D eigenvalue weighted by atomic mass is 35.5. The Hall–Kier alpha value is -3.50. The van der Waals surface area contributed by atoms with Gasteiger partial charge in [0.25, 0.3) is 0 Å². The number of benzene rings is 2. The molecule has 2 heterocycles. The number of nitrogens with zero attached hydrogens (tertiary/aromatic N) is 3. The summed E-state index contributed by atoms with van der Waals surface area (Å²) in [5.41, 5.74) is 5.24. The number of aromatic nitrogens is 2. The van der Waals surface area contributed by atoms with E-state index < -0.39 is 18.1 Å². The molecule has 42 heavy (non-hydrogen) atoms. The second kappa shape index (κ2) is 13.6. The van der Waals surface area contributed by atoms with Crippen LogP contribution in [-0.4, -0.2) is 58.7 Å². The Bertz CT molecular complexity index is 1410. The number of likely N-dealkylation sites (tertiary alicyclic amines) is 1. The van der Waals surface area contributed by atoms with E-state index in [2.05, 4.69) is 33.8 Å². The van der Waals surface area contributed by atoms with Crippen LogP contribution in [0.15, 0.2) is 48.8 Å². The highest BCUT2D eigenvalue weighted by Crippen LogP contribution is 2.36. The van der Waals surface area contributed by atoms with Crippen molar-refractivity contribution in [3.05, 3.63) is 64.9 Å². The van der Waals surface area contributed by atoms with Gasteiger partial charge in [0, 0.05) is 30.1 Å². The zero-order chi connectivity index (χ0) is 30.4. The average molecular weight is 604 g/mol. The fraction of sp³-hybridized carbons (Fsp3) is 0.419. The molecular weight excluding hydrogens is 571 g/mol. The summed E-state index contributed by atoms with van der Waals surface area (Å²) >= 11 is 6.40. The first-order chi connectivity index (χ1) is 20.0. The highest BCUT2D eigenvalue weighted by molar-refractivity contribution is 6.32. The molecule has 0 saturated carbocycles. The number of piperidine rings is 1. The predicted octanol–water partition coefficient (Wildman–Crippen LogP) is 7.02. The Morgan fingerprint density at radius 2 is 1.76 bits per heavy atom. The van der Waals surface area contributed by atoms with Crippen molar-refractivity contribution in [2.75, 3.05) is 19.6 Å². The van der Waals surface area contributed by atoms with E-state index in [-0.39, 0.29) is 19.1 Å². The van der Waals surface area contributed by atoms with Crippen LogP contribution >= 0.6 is 11.6 Å². The molecule has 1 saturated heterocycles. The molecule has 224 valence electrons. The summed E-state index contributed by atoms with van der Waals surface area (Å²) in [6, 6.07) is 11.7. The van der Waals surface area contributed by atoms with Crippen LogP contribution in [0.5, 0.6) is 5.75 Å². The molecule has 1 aliphatic rings. The van der Waals surface area contributed by atoms with Crippen molar-refractivity contribution in [1.29, 1.82) is 0 Å². The fourth-order valence-corrected chi connectivity index (χ4v) is 5.41. The van der Waals surface area contributed by atoms with Gasteiger partial charge in [0.2, 0.25) is 0 Å². The Morgan fingerprint density at radius 3 is 2.36 bits per heavy atom. The quantitative estimate of drug-likeness (QED) is 0.192. The van der Waals surface area contributed by atoms with E-state index in [1.165, 1.54) is 11.1 Å². The van der Waals surface area contributed by atoms with Crippen molar-refractivity contribution in [1.82, 2.24) is 14.9 Å². The normalized spacial score (nSPS) is 14.7. The number of ether oxygens (including phenoxy) is 2. The molecular formula is C31H33ClF3N3O4. The van der Waals surface area contributed by atoms with Crippen LogP contribution in [0.3, 0.4) is 0 Å². The summed E-state index contributed by atoms with van der Waals surface area (Å²) in [4.78, 5) is 33.7. The van der Waals surface area contributed by atoms with Gasteiger partial charge >= 0.3 is 18.1 Å². The van der Waals surface area contributed by atoms with Gasteiger partial charge in [-0.05, 0) is 87.0 Å². The van der Waals surface area contributed by atoms with Crippen LogP contribution in [0.2, 0.25) is 5.02 Å². The van der Waals surface area contributed by atoms with E-state index in [0.717, 1.165) is 36.0 Å². The van der Waals surface area contributed by atoms with Gasteiger partial charge in [0.1, 0.15) is 5.75 Å². The minimum absolute atomic E-state index is 0.0124. The molecule has 0 unspecified atom stereocenters. The minimum atomic E-state index is -5.18. The lowest BCUT2D eigenvalue weighted by atomic mass is 9.83. The Balaban J connectivity index is 1.41. The molecule has 0 aliphatic carbocycles. The van der Waals surface area contributed by atoms with Crippen LogP contribution < -0.4 is 4.74 Å². The van der Waals surface area contributed by atoms with E-state index in [1.807, 2.05) is 49.3 Å². The Kier molecular flexibility index (Phi) is 10.2. The van der Waals surface area contributed by atoms with E-state index in [0.29, 0.717) is 35.6 Å². The van der Waals surface area contributed by atoms with Gasteiger partial charge in [-0.2, -0.15) is 13.2 Å². The maximum absolute atomic E-state index is 12.3. The van der Waals surface area contributed by atoms with Crippen molar-refractivity contribution in [3.63, 3.8) is 0 Å². The largest absolute Gasteiger partial charge is 0.491 e. The molecule has 0 spiro atoms. The number of hydrogen-bond donors (Lipinski definition) is 0. The summed E-state index contributed by atoms with van der Waals surface area (Å²) in [7, 11) is 0. The topological polar surface area (TPSA) is 81.6 Å². The van der Waals surface area contributed by atoms with Crippen LogP contribution in [0.4, 0.5) is 13.2 Å². The highest BCUT2D eigenvalue weighted by Gasteiger charge is 2.42. The molecule has 1 aliphatic heterocycles. The van der Waals surface area contributed by atoms with Gasteiger partial charge in [-0.1, -0.05) is 36.7 Å². The monoisotopic (exact) mass is 603 g/mol. The van der Waals surface area contributed by atoms with E-state index in [1.54, 1.807) is 6.07 Å². The van der Waals surface area contributed by atoms with Gasteiger partial charge in [-0.15, -0.1) is 0 Å². The van der Waals surface area contributed by atoms with Gasteiger partial charge in [0.15, 0.2) is 5.82 Å². The molecule has 7 nitrogen and oxygen atoms in total. The Morgan fingerprint density at radius 1 is 1.07 bits per heavy atom.